The van der Waals surface area contributed by atoms with Gasteiger partial charge in [0.25, 0.3) is 0 Å². The zero-order valence-corrected chi connectivity index (χ0v) is 54.1. The van der Waals surface area contributed by atoms with Gasteiger partial charge in [0.15, 0.2) is 0 Å². The largest absolute Gasteiger partial charge is 0.0622 e. The van der Waals surface area contributed by atoms with Gasteiger partial charge in [-0.25, -0.2) is 0 Å². The molecule has 10 saturated carbocycles. The molecule has 10 aliphatic carbocycles. The summed E-state index contributed by atoms with van der Waals surface area (Å²) >= 11 is 0. The summed E-state index contributed by atoms with van der Waals surface area (Å²) in [5.74, 6) is 8.20. The Morgan fingerprint density at radius 3 is 0.653 bits per heavy atom. The summed E-state index contributed by atoms with van der Waals surface area (Å²) in [4.78, 5) is 0. The maximum absolute atomic E-state index is 2.44. The van der Waals surface area contributed by atoms with Crippen molar-refractivity contribution in [3.63, 3.8) is 0 Å². The van der Waals surface area contributed by atoms with E-state index >= 15 is 0 Å². The fourth-order valence-electron chi connectivity index (χ4n) is 15.9. The average molecular weight is 1010 g/mol. The van der Waals surface area contributed by atoms with Crippen molar-refractivity contribution in [1.29, 1.82) is 0 Å². The van der Waals surface area contributed by atoms with Gasteiger partial charge in [-0.05, 0) is 226 Å². The highest BCUT2D eigenvalue weighted by Gasteiger charge is 2.48. The minimum Gasteiger partial charge on any atom is -0.0622 e. The summed E-state index contributed by atoms with van der Waals surface area (Å²) < 4.78 is 0. The Bertz CT molecular complexity index is 1330. The van der Waals surface area contributed by atoms with Crippen molar-refractivity contribution >= 4 is 0 Å². The highest BCUT2D eigenvalue weighted by atomic mass is 14.5. The van der Waals surface area contributed by atoms with E-state index in [2.05, 4.69) is 138 Å². The van der Waals surface area contributed by atoms with Crippen LogP contribution in [0.4, 0.5) is 0 Å². The molecule has 0 heteroatoms. The van der Waals surface area contributed by atoms with Crippen LogP contribution in [-0.4, -0.2) is 0 Å². The van der Waals surface area contributed by atoms with Gasteiger partial charge >= 0.3 is 0 Å². The van der Waals surface area contributed by atoms with Crippen LogP contribution in [0, 0.1) is 90.7 Å². The van der Waals surface area contributed by atoms with E-state index in [-0.39, 0.29) is 0 Å². The summed E-state index contributed by atoms with van der Waals surface area (Å²) in [5, 5.41) is 0. The van der Waals surface area contributed by atoms with Crippen molar-refractivity contribution in [2.75, 3.05) is 0 Å². The van der Waals surface area contributed by atoms with Crippen molar-refractivity contribution in [3.05, 3.63) is 0 Å². The second-order valence-corrected chi connectivity index (χ2v) is 34.2. The van der Waals surface area contributed by atoms with Gasteiger partial charge in [0, 0.05) is 0 Å². The molecule has 0 radical (unpaired) electrons. The van der Waals surface area contributed by atoms with Crippen LogP contribution in [0.1, 0.15) is 370 Å². The van der Waals surface area contributed by atoms with E-state index in [1.54, 1.807) is 6.42 Å². The maximum Gasteiger partial charge on any atom is -0.0249 e. The van der Waals surface area contributed by atoms with Gasteiger partial charge in [0.1, 0.15) is 0 Å². The van der Waals surface area contributed by atoms with E-state index in [1.165, 1.54) is 225 Å². The van der Waals surface area contributed by atoms with Crippen LogP contribution in [0.15, 0.2) is 0 Å². The third-order valence-corrected chi connectivity index (χ3v) is 22.9. The molecule has 0 spiro atoms. The monoisotopic (exact) mass is 1010 g/mol. The van der Waals surface area contributed by atoms with E-state index in [0.717, 1.165) is 58.2 Å². The van der Waals surface area contributed by atoms with Gasteiger partial charge in [-0.3, -0.25) is 0 Å². The molecule has 4 bridgehead atoms. The Balaban J connectivity index is 0.000000223. The van der Waals surface area contributed by atoms with Gasteiger partial charge in [-0.2, -0.15) is 0 Å². The summed E-state index contributed by atoms with van der Waals surface area (Å²) in [6, 6.07) is 0. The molecule has 10 rings (SSSR count). The summed E-state index contributed by atoms with van der Waals surface area (Å²) in [6.45, 7) is 47.8. The van der Waals surface area contributed by atoms with Crippen molar-refractivity contribution in [1.82, 2.24) is 0 Å². The molecular formula is C72H140. The lowest BCUT2D eigenvalue weighted by atomic mass is 9.51. The Kier molecular flexibility index (Phi) is 27.5. The summed E-state index contributed by atoms with van der Waals surface area (Å²) in [6.07, 6.45) is 53.7. The van der Waals surface area contributed by atoms with E-state index in [4.69, 9.17) is 0 Å². The maximum atomic E-state index is 2.44. The van der Waals surface area contributed by atoms with Crippen LogP contribution in [0.3, 0.4) is 0 Å². The van der Waals surface area contributed by atoms with E-state index in [1.807, 2.05) is 0 Å². The van der Waals surface area contributed by atoms with Crippen molar-refractivity contribution in [2.45, 2.75) is 370 Å². The third kappa shape index (κ3) is 23.1. The molecule has 0 aliphatic heterocycles. The first-order chi connectivity index (χ1) is 33.3. The number of fused-ring (bicyclic) bond motifs is 5. The fourth-order valence-corrected chi connectivity index (χ4v) is 15.9. The molecule has 0 unspecified atom stereocenters. The molecule has 0 saturated heterocycles. The second-order valence-electron chi connectivity index (χ2n) is 34.2. The van der Waals surface area contributed by atoms with Crippen molar-refractivity contribution in [3.8, 4) is 0 Å². The Labute approximate surface area is 458 Å². The van der Waals surface area contributed by atoms with Crippen LogP contribution in [0.25, 0.3) is 0 Å². The molecule has 0 heterocycles. The van der Waals surface area contributed by atoms with Crippen LogP contribution in [0.2, 0.25) is 0 Å². The lowest BCUT2D eigenvalue weighted by molar-refractivity contribution is -0.0316. The first-order valence-electron chi connectivity index (χ1n) is 33.3. The standard InChI is InChI=1S/C12H22.C12H24.C11H22.C10H18.C10H20.C9H18.C8H16/c1-11(2,3)12-7-4-10(5-8-12)6-9-12;1-12(2,3)11-9-7-5-4-6-8-10-11;1-11(2,3)10-8-6-4-5-7-9-10;1-8(2)10-5-3-9(7-10)4-6-10;1-10(2,3)9-7-5-4-6-8-9;1-9(2,3)8-6-4-5-7-8;1-8(2,3)7-5-4-6-7/h10H,4-9H2,1-3H3;11H,4-10H2,1-3H3;10H,4-9H2,1-3H3;8-9H,3-7H2,1-2H3;9H,4-8H2,1-3H3;8H,4-7H2,1-3H3;7H,4-6H2,1-3H3. The zero-order valence-electron chi connectivity index (χ0n) is 54.1. The van der Waals surface area contributed by atoms with Gasteiger partial charge in [-0.15, -0.1) is 0 Å². The normalized spacial score (nSPS) is 29.3. The molecule has 10 fully saturated rings. The van der Waals surface area contributed by atoms with Crippen LogP contribution in [0.5, 0.6) is 0 Å². The predicted octanol–water partition coefficient (Wildman–Crippen LogP) is 25.3. The van der Waals surface area contributed by atoms with Crippen LogP contribution >= 0.6 is 0 Å². The minimum atomic E-state index is 0.553. The Morgan fingerprint density at radius 2 is 0.486 bits per heavy atom. The molecule has 0 aromatic carbocycles. The first kappa shape index (κ1) is 66.3. The zero-order chi connectivity index (χ0) is 54.1. The Hall–Kier alpha value is 0. The quantitative estimate of drug-likeness (QED) is 0.230. The average Bonchev–Trinajstić information content (AvgIpc) is 4.00. The number of hydrogen-bond acceptors (Lipinski definition) is 0. The molecular weight excluding hydrogens is 865 g/mol. The summed E-state index contributed by atoms with van der Waals surface area (Å²) in [5.41, 5.74) is 4.95. The highest BCUT2D eigenvalue weighted by molar-refractivity contribution is 4.99. The number of hydrogen-bond donors (Lipinski definition) is 0. The fraction of sp³-hybridized carbons (Fsp3) is 1.00. The van der Waals surface area contributed by atoms with Gasteiger partial charge in [-0.1, -0.05) is 235 Å². The second kappa shape index (κ2) is 29.8. The molecule has 0 aromatic heterocycles. The SMILES string of the molecule is CC(C)(C)C12CCC(CC1)CC2.CC(C)(C)C1CCC1.CC(C)(C)C1CCCC1.CC(C)(C)C1CCCCC1.CC(C)(C)C1CCCCCC1.CC(C)(C)C1CCCCCCC1.CC(C)C12CCC(CC1)C2. The minimum absolute atomic E-state index is 0.553. The molecule has 0 aromatic rings. The topological polar surface area (TPSA) is 0 Å². The van der Waals surface area contributed by atoms with Crippen LogP contribution in [-0.2, 0) is 0 Å². The molecule has 428 valence electrons. The van der Waals surface area contributed by atoms with Crippen molar-refractivity contribution in [2.24, 2.45) is 90.7 Å². The first-order valence-corrected chi connectivity index (χ1v) is 33.3. The third-order valence-electron chi connectivity index (χ3n) is 22.9. The van der Waals surface area contributed by atoms with E-state index in [0.29, 0.717) is 32.5 Å². The predicted molar refractivity (Wildman–Crippen MR) is 327 cm³/mol. The molecule has 10 aliphatic rings. The number of rotatable bonds is 1. The van der Waals surface area contributed by atoms with Crippen LogP contribution < -0.4 is 0 Å². The lowest BCUT2D eigenvalue weighted by Crippen LogP contribution is -2.43. The van der Waals surface area contributed by atoms with E-state index in [9.17, 15) is 0 Å². The van der Waals surface area contributed by atoms with Gasteiger partial charge in [0.05, 0.1) is 0 Å². The lowest BCUT2D eigenvalue weighted by Gasteiger charge is -2.54. The highest BCUT2D eigenvalue weighted by Crippen LogP contribution is 2.59. The van der Waals surface area contributed by atoms with Gasteiger partial charge in [0.2, 0.25) is 0 Å². The molecule has 72 heavy (non-hydrogen) atoms. The molecule has 0 amide bonds. The molecule has 0 atom stereocenters. The smallest absolute Gasteiger partial charge is 0.0249 e. The van der Waals surface area contributed by atoms with E-state index < -0.39 is 0 Å². The van der Waals surface area contributed by atoms with Crippen molar-refractivity contribution < 1.29 is 0 Å². The van der Waals surface area contributed by atoms with Gasteiger partial charge < -0.3 is 0 Å². The Morgan fingerprint density at radius 1 is 0.264 bits per heavy atom. The molecule has 0 nitrogen and oxygen atoms in total. The molecule has 0 N–H and O–H groups in total. The summed E-state index contributed by atoms with van der Waals surface area (Å²) in [7, 11) is 0.